The molecule has 0 aromatic heterocycles. The predicted octanol–water partition coefficient (Wildman–Crippen LogP) is 3.35. The molecule has 0 spiro atoms. The molecule has 9 nitrogen and oxygen atoms in total. The molecule has 1 aliphatic carbocycles. The molecule has 3 rings (SSSR count). The topological polar surface area (TPSA) is 114 Å². The molecule has 9 heteroatoms. The summed E-state index contributed by atoms with van der Waals surface area (Å²) in [6, 6.07) is 12.6. The number of carboxylic acid groups (broad SMARTS) is 1. The number of rotatable bonds is 9. The number of hydrogen-bond acceptors (Lipinski definition) is 7. The molecular formula is C26H32N2O7. The molecule has 2 unspecified atom stereocenters. The van der Waals surface area contributed by atoms with Crippen molar-refractivity contribution in [2.45, 2.75) is 44.2 Å². The van der Waals surface area contributed by atoms with Crippen molar-refractivity contribution < 1.29 is 33.7 Å². The van der Waals surface area contributed by atoms with Crippen LogP contribution in [0.5, 0.6) is 11.5 Å². The number of nitrogens with one attached hydrogen (secondary N) is 1. The summed E-state index contributed by atoms with van der Waals surface area (Å²) in [5, 5.41) is 13.2. The third kappa shape index (κ3) is 5.24. The molecule has 1 aliphatic rings. The van der Waals surface area contributed by atoms with Gasteiger partial charge in [0.1, 0.15) is 6.61 Å². The molecule has 0 aliphatic heterocycles. The molecule has 0 radical (unpaired) electrons. The van der Waals surface area contributed by atoms with Crippen molar-refractivity contribution in [2.75, 3.05) is 27.8 Å². The summed E-state index contributed by atoms with van der Waals surface area (Å²) in [5.74, 6) is -1.19. The Hall–Kier alpha value is -3.59. The average Bonchev–Trinajstić information content (AvgIpc) is 2.86. The smallest absolute Gasteiger partial charge is 0.417 e. The number of aliphatic carboxylic acids is 1. The van der Waals surface area contributed by atoms with E-state index in [-0.39, 0.29) is 31.9 Å². The number of carboxylic acids is 1. The molecule has 35 heavy (non-hydrogen) atoms. The van der Waals surface area contributed by atoms with Crippen LogP contribution in [0.4, 0.5) is 4.79 Å². The number of imide groups is 1. The van der Waals surface area contributed by atoms with Crippen molar-refractivity contribution in [1.82, 2.24) is 10.2 Å². The molecule has 2 N–H and O–H groups in total. The molecule has 0 bridgehead atoms. The summed E-state index contributed by atoms with van der Waals surface area (Å²) < 4.78 is 16.3. The summed E-state index contributed by atoms with van der Waals surface area (Å²) in [4.78, 5) is 40.2. The molecule has 0 saturated carbocycles. The Morgan fingerprint density at radius 3 is 2.34 bits per heavy atom. The monoisotopic (exact) mass is 484 g/mol. The third-order valence-electron chi connectivity index (χ3n) is 6.44. The van der Waals surface area contributed by atoms with Gasteiger partial charge in [-0.3, -0.25) is 4.79 Å². The van der Waals surface area contributed by atoms with Crippen molar-refractivity contribution in [2.24, 2.45) is 0 Å². The van der Waals surface area contributed by atoms with Gasteiger partial charge < -0.3 is 24.6 Å². The van der Waals surface area contributed by atoms with Crippen molar-refractivity contribution >= 4 is 18.0 Å². The van der Waals surface area contributed by atoms with Crippen LogP contribution in [0.1, 0.15) is 42.4 Å². The Balaban J connectivity index is 2.07. The maximum absolute atomic E-state index is 13.3. The second-order valence-corrected chi connectivity index (χ2v) is 8.53. The van der Waals surface area contributed by atoms with Gasteiger partial charge in [-0.2, -0.15) is 0 Å². The van der Waals surface area contributed by atoms with Gasteiger partial charge in [-0.05, 0) is 54.6 Å². The second-order valence-electron chi connectivity index (χ2n) is 8.53. The predicted molar refractivity (Wildman–Crippen MR) is 129 cm³/mol. The number of amides is 2. The molecule has 2 aromatic rings. The van der Waals surface area contributed by atoms with Crippen LogP contribution in [0, 0.1) is 0 Å². The minimum Gasteiger partial charge on any atom is -0.493 e. The van der Waals surface area contributed by atoms with Gasteiger partial charge in [-0.25, -0.2) is 14.5 Å². The quantitative estimate of drug-likeness (QED) is 0.557. The third-order valence-corrected chi connectivity index (χ3v) is 6.44. The Kier molecular flexibility index (Phi) is 8.34. The van der Waals surface area contributed by atoms with Gasteiger partial charge in [-0.15, -0.1) is 0 Å². The van der Waals surface area contributed by atoms with E-state index in [9.17, 15) is 19.5 Å². The van der Waals surface area contributed by atoms with Gasteiger partial charge in [0.05, 0.1) is 20.8 Å². The highest BCUT2D eigenvalue weighted by atomic mass is 16.6. The van der Waals surface area contributed by atoms with Crippen LogP contribution in [0.25, 0.3) is 0 Å². The first-order chi connectivity index (χ1) is 16.8. The fourth-order valence-electron chi connectivity index (χ4n) is 4.70. The molecule has 0 fully saturated rings. The zero-order valence-corrected chi connectivity index (χ0v) is 20.5. The van der Waals surface area contributed by atoms with Gasteiger partial charge in [0.2, 0.25) is 5.91 Å². The zero-order chi connectivity index (χ0) is 25.6. The largest absolute Gasteiger partial charge is 0.493 e. The molecule has 2 amide bonds. The number of methoxy groups -OCH3 is 2. The van der Waals surface area contributed by atoms with Crippen LogP contribution in [0.3, 0.4) is 0 Å². The van der Waals surface area contributed by atoms with Crippen molar-refractivity contribution in [3.8, 4) is 11.5 Å². The zero-order valence-electron chi connectivity index (χ0n) is 20.5. The van der Waals surface area contributed by atoms with Crippen LogP contribution in [0.2, 0.25) is 0 Å². The highest BCUT2D eigenvalue weighted by molar-refractivity contribution is 6.00. The van der Waals surface area contributed by atoms with Gasteiger partial charge >= 0.3 is 12.1 Å². The normalized spacial score (nSPS) is 18.8. The van der Waals surface area contributed by atoms with Crippen molar-refractivity contribution in [3.05, 3.63) is 59.2 Å². The Labute approximate surface area is 205 Å². The van der Waals surface area contributed by atoms with E-state index in [0.717, 1.165) is 16.0 Å². The highest BCUT2D eigenvalue weighted by Gasteiger charge is 2.54. The summed E-state index contributed by atoms with van der Waals surface area (Å²) in [6.45, 7) is 1.64. The van der Waals surface area contributed by atoms with E-state index in [1.54, 1.807) is 37.4 Å². The number of ether oxygens (including phenoxy) is 3. The lowest BCUT2D eigenvalue weighted by atomic mass is 9.70. The first-order valence-electron chi connectivity index (χ1n) is 11.5. The summed E-state index contributed by atoms with van der Waals surface area (Å²) in [5.41, 5.74) is 0.500. The van der Waals surface area contributed by atoms with Crippen LogP contribution in [-0.4, -0.2) is 61.3 Å². The van der Waals surface area contributed by atoms with Crippen LogP contribution >= 0.6 is 0 Å². The number of hydrogen-bond donors (Lipinski definition) is 2. The van der Waals surface area contributed by atoms with Crippen LogP contribution < -0.4 is 14.8 Å². The minimum atomic E-state index is -1.82. The Morgan fingerprint density at radius 1 is 1.11 bits per heavy atom. The van der Waals surface area contributed by atoms with E-state index < -0.39 is 23.5 Å². The number of carbonyl (C=O) groups excluding carboxylic acids is 2. The summed E-state index contributed by atoms with van der Waals surface area (Å²) >= 11 is 0. The first-order valence-corrected chi connectivity index (χ1v) is 11.5. The highest BCUT2D eigenvalue weighted by Crippen LogP contribution is 2.46. The van der Waals surface area contributed by atoms with Crippen molar-refractivity contribution in [1.29, 1.82) is 0 Å². The van der Waals surface area contributed by atoms with E-state index in [4.69, 9.17) is 14.2 Å². The van der Waals surface area contributed by atoms with E-state index in [1.807, 2.05) is 19.1 Å². The molecule has 0 saturated heterocycles. The van der Waals surface area contributed by atoms with E-state index in [0.29, 0.717) is 23.5 Å². The second kappa shape index (κ2) is 11.2. The lowest BCUT2D eigenvalue weighted by Gasteiger charge is -2.44. The molecular weight excluding hydrogens is 452 g/mol. The fraction of sp³-hybridized carbons (Fsp3) is 0.423. The SMILES string of the molecule is CCC1CC(C(=O)O)(N(C(=O)CNC)C(=O)OCc2ccccc2)Cc2cc(OC)c(OC)cc21. The summed E-state index contributed by atoms with van der Waals surface area (Å²) in [7, 11) is 4.59. The minimum absolute atomic E-state index is 0.0528. The van der Waals surface area contributed by atoms with Gasteiger partial charge in [-0.1, -0.05) is 37.3 Å². The van der Waals surface area contributed by atoms with E-state index in [2.05, 4.69) is 5.32 Å². The molecule has 188 valence electrons. The number of likely N-dealkylation sites (N-methyl/N-ethyl adjacent to an activating group) is 1. The van der Waals surface area contributed by atoms with Crippen LogP contribution in [0.15, 0.2) is 42.5 Å². The van der Waals surface area contributed by atoms with Gasteiger partial charge in [0.15, 0.2) is 17.0 Å². The Bertz CT molecular complexity index is 1070. The molecule has 2 atom stereocenters. The first kappa shape index (κ1) is 26.0. The maximum Gasteiger partial charge on any atom is 0.417 e. The molecule has 0 heterocycles. The molecule has 2 aromatic carbocycles. The van der Waals surface area contributed by atoms with Crippen LogP contribution in [-0.2, 0) is 27.4 Å². The standard InChI is InChI=1S/C26H32N2O7/c1-5-18-13-26(24(30)31,14-19-11-21(33-3)22(34-4)12-20(18)19)28(23(29)15-27-2)25(32)35-16-17-9-7-6-8-10-17/h6-12,18,27H,5,13-16H2,1-4H3,(H,30,31). The van der Waals surface area contributed by atoms with Gasteiger partial charge in [0, 0.05) is 6.42 Å². The number of carbonyl (C=O) groups is 3. The van der Waals surface area contributed by atoms with Gasteiger partial charge in [0.25, 0.3) is 0 Å². The summed E-state index contributed by atoms with van der Waals surface area (Å²) in [6.07, 6.45) is -0.415. The van der Waals surface area contributed by atoms with E-state index >= 15 is 0 Å². The number of benzene rings is 2. The average molecular weight is 485 g/mol. The fourth-order valence-corrected chi connectivity index (χ4v) is 4.70. The Morgan fingerprint density at radius 2 is 1.77 bits per heavy atom. The number of fused-ring (bicyclic) bond motifs is 1. The lowest BCUT2D eigenvalue weighted by molar-refractivity contribution is -0.158. The lowest BCUT2D eigenvalue weighted by Crippen LogP contribution is -2.63. The van der Waals surface area contributed by atoms with Crippen molar-refractivity contribution in [3.63, 3.8) is 0 Å². The maximum atomic E-state index is 13.3. The van der Waals surface area contributed by atoms with E-state index in [1.165, 1.54) is 14.2 Å². The number of nitrogens with zero attached hydrogens (tertiary/aromatic N) is 1.